The van der Waals surface area contributed by atoms with Crippen molar-refractivity contribution in [2.24, 2.45) is 4.99 Å². The van der Waals surface area contributed by atoms with E-state index >= 15 is 0 Å². The zero-order valence-corrected chi connectivity index (χ0v) is 10.00. The van der Waals surface area contributed by atoms with E-state index in [0.29, 0.717) is 5.56 Å². The molecule has 0 bridgehead atoms. The van der Waals surface area contributed by atoms with Crippen LogP contribution in [0.2, 0.25) is 0 Å². The molecule has 0 saturated carbocycles. The molecule has 0 radical (unpaired) electrons. The van der Waals surface area contributed by atoms with Gasteiger partial charge in [0.15, 0.2) is 0 Å². The highest BCUT2D eigenvalue weighted by molar-refractivity contribution is 5.82. The molecule has 88 valence electrons. The largest absolute Gasteiger partial charge is 0.497 e. The topological polar surface area (TPSA) is 45.4 Å². The summed E-state index contributed by atoms with van der Waals surface area (Å²) in [5, 5.41) is 8.69. The SMILES string of the molecule is COc1ccc(/C=N/c2ccc(C#N)cc2)cc1. The number of nitriles is 1. The molecular weight excluding hydrogens is 224 g/mol. The van der Waals surface area contributed by atoms with E-state index in [2.05, 4.69) is 11.1 Å². The van der Waals surface area contributed by atoms with Gasteiger partial charge in [0, 0.05) is 6.21 Å². The minimum absolute atomic E-state index is 0.637. The molecule has 0 aliphatic carbocycles. The molecule has 18 heavy (non-hydrogen) atoms. The summed E-state index contributed by atoms with van der Waals surface area (Å²) in [5.74, 6) is 0.825. The molecule has 0 aromatic heterocycles. The third-order valence-corrected chi connectivity index (χ3v) is 2.47. The van der Waals surface area contributed by atoms with Crippen molar-refractivity contribution in [3.63, 3.8) is 0 Å². The van der Waals surface area contributed by atoms with Crippen LogP contribution < -0.4 is 4.74 Å². The smallest absolute Gasteiger partial charge is 0.118 e. The number of rotatable bonds is 3. The van der Waals surface area contributed by atoms with Gasteiger partial charge in [-0.25, -0.2) is 0 Å². The molecule has 0 amide bonds. The Morgan fingerprint density at radius 1 is 1.06 bits per heavy atom. The van der Waals surface area contributed by atoms with Crippen LogP contribution >= 0.6 is 0 Å². The lowest BCUT2D eigenvalue weighted by Gasteiger charge is -1.99. The zero-order valence-electron chi connectivity index (χ0n) is 10.00. The van der Waals surface area contributed by atoms with Crippen molar-refractivity contribution in [1.29, 1.82) is 5.26 Å². The van der Waals surface area contributed by atoms with Crippen LogP contribution in [0.15, 0.2) is 53.5 Å². The van der Waals surface area contributed by atoms with Crippen molar-refractivity contribution in [2.75, 3.05) is 7.11 Å². The Labute approximate surface area is 106 Å². The third kappa shape index (κ3) is 2.96. The lowest BCUT2D eigenvalue weighted by Crippen LogP contribution is -1.84. The molecule has 2 rings (SSSR count). The summed E-state index contributed by atoms with van der Waals surface area (Å²) in [7, 11) is 1.64. The molecule has 0 saturated heterocycles. The van der Waals surface area contributed by atoms with E-state index in [-0.39, 0.29) is 0 Å². The Balaban J connectivity index is 2.11. The standard InChI is InChI=1S/C15H12N2O/c1-18-15-8-4-13(5-9-15)11-17-14-6-2-12(10-16)3-7-14/h2-9,11H,1H3/b17-11+. The van der Waals surface area contributed by atoms with E-state index in [1.807, 2.05) is 36.4 Å². The van der Waals surface area contributed by atoms with Crippen LogP contribution in [-0.2, 0) is 0 Å². The van der Waals surface area contributed by atoms with E-state index < -0.39 is 0 Å². The Hall–Kier alpha value is -2.60. The first-order valence-corrected chi connectivity index (χ1v) is 5.50. The summed E-state index contributed by atoms with van der Waals surface area (Å²) in [6.07, 6.45) is 1.78. The maximum absolute atomic E-state index is 8.69. The van der Waals surface area contributed by atoms with Gasteiger partial charge in [-0.15, -0.1) is 0 Å². The molecular formula is C15H12N2O. The van der Waals surface area contributed by atoms with Gasteiger partial charge >= 0.3 is 0 Å². The number of aliphatic imine (C=N–C) groups is 1. The Bertz CT molecular complexity index is 577. The van der Waals surface area contributed by atoms with E-state index in [0.717, 1.165) is 17.0 Å². The van der Waals surface area contributed by atoms with Crippen LogP contribution in [0.3, 0.4) is 0 Å². The maximum atomic E-state index is 8.69. The number of hydrogen-bond donors (Lipinski definition) is 0. The third-order valence-electron chi connectivity index (χ3n) is 2.47. The fraction of sp³-hybridized carbons (Fsp3) is 0.0667. The van der Waals surface area contributed by atoms with Gasteiger partial charge in [-0.3, -0.25) is 4.99 Å². The quantitative estimate of drug-likeness (QED) is 0.767. The highest BCUT2D eigenvalue weighted by Crippen LogP contribution is 2.14. The van der Waals surface area contributed by atoms with Gasteiger partial charge in [0.25, 0.3) is 0 Å². The lowest BCUT2D eigenvalue weighted by atomic mass is 10.2. The van der Waals surface area contributed by atoms with Crippen LogP contribution in [0.4, 0.5) is 5.69 Å². The van der Waals surface area contributed by atoms with Crippen molar-refractivity contribution < 1.29 is 4.74 Å². The highest BCUT2D eigenvalue weighted by Gasteiger charge is 1.92. The van der Waals surface area contributed by atoms with Gasteiger partial charge in [0.2, 0.25) is 0 Å². The number of hydrogen-bond acceptors (Lipinski definition) is 3. The van der Waals surface area contributed by atoms with Crippen molar-refractivity contribution in [1.82, 2.24) is 0 Å². The van der Waals surface area contributed by atoms with Gasteiger partial charge < -0.3 is 4.74 Å². The maximum Gasteiger partial charge on any atom is 0.118 e. The Morgan fingerprint density at radius 2 is 1.72 bits per heavy atom. The van der Waals surface area contributed by atoms with Crippen LogP contribution in [-0.4, -0.2) is 13.3 Å². The summed E-state index contributed by atoms with van der Waals surface area (Å²) >= 11 is 0. The molecule has 3 nitrogen and oxygen atoms in total. The van der Waals surface area contributed by atoms with Crippen molar-refractivity contribution >= 4 is 11.9 Å². The summed E-state index contributed by atoms with van der Waals surface area (Å²) in [6, 6.07) is 16.9. The van der Waals surface area contributed by atoms with Gasteiger partial charge in [0.05, 0.1) is 24.4 Å². The molecule has 0 atom stereocenters. The Kier molecular flexibility index (Phi) is 3.72. The number of nitrogens with zero attached hydrogens (tertiary/aromatic N) is 2. The average molecular weight is 236 g/mol. The van der Waals surface area contributed by atoms with Crippen LogP contribution in [0, 0.1) is 11.3 Å². The number of ether oxygens (including phenoxy) is 1. The van der Waals surface area contributed by atoms with Crippen molar-refractivity contribution in [3.8, 4) is 11.8 Å². The van der Waals surface area contributed by atoms with E-state index in [4.69, 9.17) is 10.00 Å². The van der Waals surface area contributed by atoms with E-state index in [1.54, 1.807) is 25.5 Å². The fourth-order valence-corrected chi connectivity index (χ4v) is 1.46. The molecule has 2 aromatic rings. The highest BCUT2D eigenvalue weighted by atomic mass is 16.5. The minimum atomic E-state index is 0.637. The predicted molar refractivity (Wildman–Crippen MR) is 71.4 cm³/mol. The van der Waals surface area contributed by atoms with Crippen LogP contribution in [0.25, 0.3) is 0 Å². The summed E-state index contributed by atoms with van der Waals surface area (Å²) in [6.45, 7) is 0. The summed E-state index contributed by atoms with van der Waals surface area (Å²) < 4.78 is 5.08. The second kappa shape index (κ2) is 5.65. The monoisotopic (exact) mass is 236 g/mol. The number of methoxy groups -OCH3 is 1. The van der Waals surface area contributed by atoms with Gasteiger partial charge in [0.1, 0.15) is 5.75 Å². The molecule has 0 unspecified atom stereocenters. The zero-order chi connectivity index (χ0) is 12.8. The van der Waals surface area contributed by atoms with Crippen molar-refractivity contribution in [3.05, 3.63) is 59.7 Å². The molecule has 0 spiro atoms. The second-order valence-electron chi connectivity index (χ2n) is 3.69. The molecule has 3 heteroatoms. The summed E-state index contributed by atoms with van der Waals surface area (Å²) in [5.41, 5.74) is 2.46. The van der Waals surface area contributed by atoms with Gasteiger partial charge in [-0.05, 0) is 54.1 Å². The second-order valence-corrected chi connectivity index (χ2v) is 3.69. The van der Waals surface area contributed by atoms with E-state index in [9.17, 15) is 0 Å². The molecule has 0 N–H and O–H groups in total. The Morgan fingerprint density at radius 3 is 2.28 bits per heavy atom. The number of benzene rings is 2. The summed E-state index contributed by atoms with van der Waals surface area (Å²) in [4.78, 5) is 4.33. The molecule has 0 fully saturated rings. The molecule has 2 aromatic carbocycles. The average Bonchev–Trinajstić information content (AvgIpc) is 2.46. The molecule has 0 aliphatic rings. The van der Waals surface area contributed by atoms with Crippen molar-refractivity contribution in [2.45, 2.75) is 0 Å². The van der Waals surface area contributed by atoms with Crippen LogP contribution in [0.5, 0.6) is 5.75 Å². The molecule has 0 heterocycles. The van der Waals surface area contributed by atoms with E-state index in [1.165, 1.54) is 0 Å². The van der Waals surface area contributed by atoms with Gasteiger partial charge in [-0.1, -0.05) is 0 Å². The predicted octanol–water partition coefficient (Wildman–Crippen LogP) is 3.32. The first kappa shape index (κ1) is 11.9. The lowest BCUT2D eigenvalue weighted by molar-refractivity contribution is 0.415. The van der Waals surface area contributed by atoms with Gasteiger partial charge in [-0.2, -0.15) is 5.26 Å². The van der Waals surface area contributed by atoms with Crippen LogP contribution in [0.1, 0.15) is 11.1 Å². The minimum Gasteiger partial charge on any atom is -0.497 e. The molecule has 0 aliphatic heterocycles. The fourth-order valence-electron chi connectivity index (χ4n) is 1.46. The normalized spacial score (nSPS) is 10.2. The first-order chi connectivity index (χ1) is 8.81. The first-order valence-electron chi connectivity index (χ1n) is 5.50.